The van der Waals surface area contributed by atoms with Crippen molar-refractivity contribution in [3.05, 3.63) is 34.3 Å². The van der Waals surface area contributed by atoms with Crippen molar-refractivity contribution >= 4 is 15.9 Å². The van der Waals surface area contributed by atoms with Crippen molar-refractivity contribution in [1.82, 2.24) is 0 Å². The second-order valence-electron chi connectivity index (χ2n) is 4.55. The number of halogens is 1. The summed E-state index contributed by atoms with van der Waals surface area (Å²) in [5.41, 5.74) is 0.426. The van der Waals surface area contributed by atoms with E-state index in [0.29, 0.717) is 5.92 Å². The molecule has 2 unspecified atom stereocenters. The average Bonchev–Trinajstić information content (AvgIpc) is 2.23. The summed E-state index contributed by atoms with van der Waals surface area (Å²) in [6.45, 7) is 2.15. The minimum absolute atomic E-state index is 0.352. The molecule has 1 N–H and O–H groups in total. The second-order valence-corrected chi connectivity index (χ2v) is 5.41. The first kappa shape index (κ1) is 11.2. The Morgan fingerprint density at radius 1 is 1.33 bits per heavy atom. The third kappa shape index (κ3) is 1.98. The van der Waals surface area contributed by atoms with Crippen molar-refractivity contribution in [2.75, 3.05) is 0 Å². The van der Waals surface area contributed by atoms with Crippen LogP contribution >= 0.6 is 15.9 Å². The molecule has 0 aliphatic heterocycles. The molecule has 1 aliphatic carbocycles. The summed E-state index contributed by atoms with van der Waals surface area (Å²) in [4.78, 5) is 0. The minimum Gasteiger partial charge on any atom is -0.385 e. The van der Waals surface area contributed by atoms with E-state index < -0.39 is 5.60 Å². The van der Waals surface area contributed by atoms with Crippen LogP contribution in [0.3, 0.4) is 0 Å². The lowest BCUT2D eigenvalue weighted by Crippen LogP contribution is -2.36. The van der Waals surface area contributed by atoms with E-state index in [2.05, 4.69) is 22.9 Å². The monoisotopic (exact) mass is 268 g/mol. The Balaban J connectivity index is 2.39. The SMILES string of the molecule is CC1CCCCC1(O)c1ccccc1Br. The maximum Gasteiger partial charge on any atom is 0.0932 e. The predicted molar refractivity (Wildman–Crippen MR) is 65.7 cm³/mol. The molecule has 1 aromatic carbocycles. The summed E-state index contributed by atoms with van der Waals surface area (Å²) in [6.07, 6.45) is 4.38. The van der Waals surface area contributed by atoms with E-state index in [1.54, 1.807) is 0 Å². The quantitative estimate of drug-likeness (QED) is 0.821. The molecule has 1 nitrogen and oxygen atoms in total. The molecule has 0 aromatic heterocycles. The maximum absolute atomic E-state index is 10.8. The highest BCUT2D eigenvalue weighted by Crippen LogP contribution is 2.43. The molecular formula is C13H17BrO. The fourth-order valence-electron chi connectivity index (χ4n) is 2.54. The second kappa shape index (κ2) is 4.26. The molecule has 15 heavy (non-hydrogen) atoms. The topological polar surface area (TPSA) is 20.2 Å². The van der Waals surface area contributed by atoms with Crippen LogP contribution in [0.5, 0.6) is 0 Å². The van der Waals surface area contributed by atoms with Crippen LogP contribution in [0.2, 0.25) is 0 Å². The van der Waals surface area contributed by atoms with Crippen LogP contribution in [-0.4, -0.2) is 5.11 Å². The van der Waals surface area contributed by atoms with Crippen molar-refractivity contribution < 1.29 is 5.11 Å². The summed E-state index contributed by atoms with van der Waals surface area (Å²) in [5.74, 6) is 0.352. The van der Waals surface area contributed by atoms with Gasteiger partial charge in [-0.25, -0.2) is 0 Å². The van der Waals surface area contributed by atoms with Gasteiger partial charge in [0.1, 0.15) is 0 Å². The van der Waals surface area contributed by atoms with E-state index in [1.165, 1.54) is 6.42 Å². The van der Waals surface area contributed by atoms with Gasteiger partial charge in [-0.1, -0.05) is 53.9 Å². The van der Waals surface area contributed by atoms with Crippen molar-refractivity contribution in [2.24, 2.45) is 5.92 Å². The molecule has 0 heterocycles. The van der Waals surface area contributed by atoms with Gasteiger partial charge in [0.2, 0.25) is 0 Å². The Bertz CT molecular complexity index is 350. The van der Waals surface area contributed by atoms with Crippen LogP contribution in [-0.2, 0) is 5.60 Å². The standard InChI is InChI=1S/C13H17BrO/c1-10-6-4-5-9-13(10,15)11-7-2-3-8-12(11)14/h2-3,7-8,10,15H,4-6,9H2,1H3. The number of rotatable bonds is 1. The molecule has 0 spiro atoms. The summed E-state index contributed by atoms with van der Waals surface area (Å²) in [5, 5.41) is 10.8. The molecule has 2 rings (SSSR count). The number of benzene rings is 1. The average molecular weight is 269 g/mol. The van der Waals surface area contributed by atoms with Gasteiger partial charge in [-0.3, -0.25) is 0 Å². The van der Waals surface area contributed by atoms with Crippen LogP contribution in [0.4, 0.5) is 0 Å². The molecule has 2 heteroatoms. The van der Waals surface area contributed by atoms with Crippen LogP contribution in [0, 0.1) is 5.92 Å². The molecule has 1 aliphatic rings. The lowest BCUT2D eigenvalue weighted by Gasteiger charge is -2.39. The molecule has 2 atom stereocenters. The van der Waals surface area contributed by atoms with Gasteiger partial charge in [0, 0.05) is 4.47 Å². The van der Waals surface area contributed by atoms with Crippen molar-refractivity contribution in [3.63, 3.8) is 0 Å². The Morgan fingerprint density at radius 3 is 2.73 bits per heavy atom. The van der Waals surface area contributed by atoms with Crippen molar-refractivity contribution in [2.45, 2.75) is 38.2 Å². The minimum atomic E-state index is -0.627. The molecule has 82 valence electrons. The van der Waals surface area contributed by atoms with Crippen LogP contribution in [0.15, 0.2) is 28.7 Å². The summed E-state index contributed by atoms with van der Waals surface area (Å²) < 4.78 is 1.03. The Labute approximate surface area is 99.6 Å². The van der Waals surface area contributed by atoms with Gasteiger partial charge < -0.3 is 5.11 Å². The zero-order valence-corrected chi connectivity index (χ0v) is 10.6. The molecule has 0 amide bonds. The van der Waals surface area contributed by atoms with Gasteiger partial charge in [0.25, 0.3) is 0 Å². The van der Waals surface area contributed by atoms with E-state index in [9.17, 15) is 5.11 Å². The van der Waals surface area contributed by atoms with Gasteiger partial charge in [-0.15, -0.1) is 0 Å². The number of hydrogen-bond donors (Lipinski definition) is 1. The molecule has 1 aromatic rings. The zero-order chi connectivity index (χ0) is 10.9. The van der Waals surface area contributed by atoms with Crippen LogP contribution < -0.4 is 0 Å². The lowest BCUT2D eigenvalue weighted by molar-refractivity contribution is -0.0475. The number of aliphatic hydroxyl groups is 1. The predicted octanol–water partition coefficient (Wildman–Crippen LogP) is 3.85. The smallest absolute Gasteiger partial charge is 0.0932 e. The lowest BCUT2D eigenvalue weighted by atomic mass is 9.72. The van der Waals surface area contributed by atoms with E-state index in [-0.39, 0.29) is 0 Å². The Hall–Kier alpha value is -0.340. The van der Waals surface area contributed by atoms with Gasteiger partial charge in [-0.2, -0.15) is 0 Å². The Kier molecular flexibility index (Phi) is 3.17. The highest BCUT2D eigenvalue weighted by molar-refractivity contribution is 9.10. The van der Waals surface area contributed by atoms with E-state index in [4.69, 9.17) is 0 Å². The highest BCUT2D eigenvalue weighted by Gasteiger charge is 2.38. The summed E-state index contributed by atoms with van der Waals surface area (Å²) in [6, 6.07) is 8.03. The molecule has 1 saturated carbocycles. The fourth-order valence-corrected chi connectivity index (χ4v) is 3.17. The van der Waals surface area contributed by atoms with Crippen LogP contribution in [0.25, 0.3) is 0 Å². The first-order chi connectivity index (χ1) is 7.14. The third-order valence-corrected chi connectivity index (χ3v) is 4.29. The van der Waals surface area contributed by atoms with E-state index in [0.717, 1.165) is 29.3 Å². The van der Waals surface area contributed by atoms with Crippen molar-refractivity contribution in [1.29, 1.82) is 0 Å². The molecule has 1 fully saturated rings. The van der Waals surface area contributed by atoms with Gasteiger partial charge in [0.15, 0.2) is 0 Å². The normalized spacial score (nSPS) is 31.5. The zero-order valence-electron chi connectivity index (χ0n) is 9.04. The van der Waals surface area contributed by atoms with Crippen molar-refractivity contribution in [3.8, 4) is 0 Å². The Morgan fingerprint density at radius 2 is 2.07 bits per heavy atom. The molecule has 0 radical (unpaired) electrons. The highest BCUT2D eigenvalue weighted by atomic mass is 79.9. The number of hydrogen-bond acceptors (Lipinski definition) is 1. The van der Waals surface area contributed by atoms with Gasteiger partial charge >= 0.3 is 0 Å². The van der Waals surface area contributed by atoms with E-state index in [1.807, 2.05) is 24.3 Å². The van der Waals surface area contributed by atoms with E-state index >= 15 is 0 Å². The van der Waals surface area contributed by atoms with Gasteiger partial charge in [0.05, 0.1) is 5.60 Å². The first-order valence-electron chi connectivity index (χ1n) is 5.62. The molecule has 0 saturated heterocycles. The van der Waals surface area contributed by atoms with Crippen LogP contribution in [0.1, 0.15) is 38.2 Å². The third-order valence-electron chi connectivity index (χ3n) is 3.60. The molecular weight excluding hydrogens is 252 g/mol. The molecule has 0 bridgehead atoms. The summed E-state index contributed by atoms with van der Waals surface area (Å²) >= 11 is 3.53. The summed E-state index contributed by atoms with van der Waals surface area (Å²) in [7, 11) is 0. The maximum atomic E-state index is 10.8. The first-order valence-corrected chi connectivity index (χ1v) is 6.41. The largest absolute Gasteiger partial charge is 0.385 e. The van der Waals surface area contributed by atoms with Gasteiger partial charge in [-0.05, 0) is 30.4 Å². The fraction of sp³-hybridized carbons (Fsp3) is 0.538.